The van der Waals surface area contributed by atoms with Crippen LogP contribution in [-0.4, -0.2) is 34.0 Å². The lowest BCUT2D eigenvalue weighted by Crippen LogP contribution is -2.43. The van der Waals surface area contributed by atoms with Crippen LogP contribution in [0.3, 0.4) is 0 Å². The lowest BCUT2D eigenvalue weighted by atomic mass is 9.84. The highest BCUT2D eigenvalue weighted by Crippen LogP contribution is 2.44. The Morgan fingerprint density at radius 1 is 1.18 bits per heavy atom. The largest absolute Gasteiger partial charge is 0.450 e. The molecule has 28 heavy (non-hydrogen) atoms. The zero-order chi connectivity index (χ0) is 19.5. The first-order valence-electron chi connectivity index (χ1n) is 8.86. The second kappa shape index (κ2) is 5.70. The van der Waals surface area contributed by atoms with E-state index in [-0.39, 0.29) is 17.1 Å². The standard InChI is InChI=1S/C19H15F3N4O2/c20-19(21,22)11-9-14-15(23-10-11)25-17(24-14)26-7-5-18(6-8-26)13-4-2-1-3-12(13)16(27)28-18/h1-4,9-10H,5-8H2,(H,23,24,25). The number of aromatic nitrogens is 3. The van der Waals surface area contributed by atoms with Gasteiger partial charge in [0, 0.05) is 37.7 Å². The third-order valence-corrected chi connectivity index (χ3v) is 5.45. The number of esters is 1. The SMILES string of the molecule is O=C1OC2(CCN(c3nc4ncc(C(F)(F)F)cc4[nH]3)CC2)c2ccccc21. The van der Waals surface area contributed by atoms with Gasteiger partial charge in [-0.3, -0.25) is 0 Å². The molecular weight excluding hydrogens is 373 g/mol. The van der Waals surface area contributed by atoms with Gasteiger partial charge in [-0.2, -0.15) is 18.2 Å². The molecule has 1 N–H and O–H groups in total. The van der Waals surface area contributed by atoms with E-state index in [0.29, 0.717) is 37.4 Å². The molecule has 0 aliphatic carbocycles. The summed E-state index contributed by atoms with van der Waals surface area (Å²) in [6.07, 6.45) is -2.52. The van der Waals surface area contributed by atoms with Crippen molar-refractivity contribution in [3.63, 3.8) is 0 Å². The number of nitrogens with zero attached hydrogens (tertiary/aromatic N) is 3. The summed E-state index contributed by atoms with van der Waals surface area (Å²) in [6.45, 7) is 1.10. The molecule has 0 bridgehead atoms. The summed E-state index contributed by atoms with van der Waals surface area (Å²) in [5.41, 5.74) is 0.521. The quantitative estimate of drug-likeness (QED) is 0.645. The maximum Gasteiger partial charge on any atom is 0.417 e. The molecule has 144 valence electrons. The molecule has 0 radical (unpaired) electrons. The van der Waals surface area contributed by atoms with Crippen LogP contribution in [0.1, 0.15) is 34.3 Å². The number of fused-ring (bicyclic) bond motifs is 3. The minimum atomic E-state index is -4.45. The zero-order valence-electron chi connectivity index (χ0n) is 14.6. The van der Waals surface area contributed by atoms with Crippen LogP contribution in [0, 0.1) is 0 Å². The van der Waals surface area contributed by atoms with Crippen molar-refractivity contribution >= 4 is 23.1 Å². The van der Waals surface area contributed by atoms with Gasteiger partial charge in [-0.15, -0.1) is 0 Å². The van der Waals surface area contributed by atoms with Gasteiger partial charge in [0.2, 0.25) is 5.95 Å². The summed E-state index contributed by atoms with van der Waals surface area (Å²) < 4.78 is 44.3. The fourth-order valence-corrected chi connectivity index (χ4v) is 3.99. The molecule has 9 heteroatoms. The first kappa shape index (κ1) is 17.0. The fraction of sp³-hybridized carbons (Fsp3) is 0.316. The molecule has 0 amide bonds. The van der Waals surface area contributed by atoms with Crippen molar-refractivity contribution < 1.29 is 22.7 Å². The lowest BCUT2D eigenvalue weighted by molar-refractivity contribution is -0.137. The topological polar surface area (TPSA) is 71.1 Å². The minimum absolute atomic E-state index is 0.237. The van der Waals surface area contributed by atoms with Gasteiger partial charge in [0.15, 0.2) is 5.65 Å². The maximum atomic E-state index is 12.9. The molecule has 2 aromatic heterocycles. The van der Waals surface area contributed by atoms with Crippen LogP contribution in [0.4, 0.5) is 19.1 Å². The Hall–Kier alpha value is -3.10. The number of ether oxygens (including phenoxy) is 1. The molecule has 6 nitrogen and oxygen atoms in total. The normalized spacial score (nSPS) is 18.5. The highest BCUT2D eigenvalue weighted by atomic mass is 19.4. The van der Waals surface area contributed by atoms with E-state index < -0.39 is 17.3 Å². The van der Waals surface area contributed by atoms with Crippen molar-refractivity contribution in [1.29, 1.82) is 0 Å². The molecule has 1 saturated heterocycles. The zero-order valence-corrected chi connectivity index (χ0v) is 14.6. The number of nitrogens with one attached hydrogen (secondary N) is 1. The van der Waals surface area contributed by atoms with Gasteiger partial charge >= 0.3 is 12.1 Å². The highest BCUT2D eigenvalue weighted by Gasteiger charge is 2.47. The second-order valence-electron chi connectivity index (χ2n) is 7.07. The molecule has 1 spiro atoms. The van der Waals surface area contributed by atoms with Gasteiger partial charge in [-0.05, 0) is 12.1 Å². The highest BCUT2D eigenvalue weighted by molar-refractivity contribution is 5.94. The van der Waals surface area contributed by atoms with E-state index in [9.17, 15) is 18.0 Å². The molecule has 0 unspecified atom stereocenters. The van der Waals surface area contributed by atoms with Crippen LogP contribution in [0.25, 0.3) is 11.2 Å². The molecule has 3 aromatic rings. The summed E-state index contributed by atoms with van der Waals surface area (Å²) in [5, 5.41) is 0. The number of pyridine rings is 1. The number of anilines is 1. The fourth-order valence-electron chi connectivity index (χ4n) is 3.99. The second-order valence-corrected chi connectivity index (χ2v) is 7.07. The van der Waals surface area contributed by atoms with Crippen LogP contribution in [0.2, 0.25) is 0 Å². The minimum Gasteiger partial charge on any atom is -0.450 e. The summed E-state index contributed by atoms with van der Waals surface area (Å²) in [7, 11) is 0. The average molecular weight is 388 g/mol. The Morgan fingerprint density at radius 2 is 1.93 bits per heavy atom. The van der Waals surface area contributed by atoms with E-state index in [0.717, 1.165) is 17.8 Å². The van der Waals surface area contributed by atoms with Crippen LogP contribution in [0.5, 0.6) is 0 Å². The number of rotatable bonds is 1. The van der Waals surface area contributed by atoms with Gasteiger partial charge in [0.25, 0.3) is 0 Å². The molecule has 1 aromatic carbocycles. The predicted molar refractivity (Wildman–Crippen MR) is 93.9 cm³/mol. The molecule has 2 aliphatic heterocycles. The van der Waals surface area contributed by atoms with Gasteiger partial charge in [-0.1, -0.05) is 18.2 Å². The lowest BCUT2D eigenvalue weighted by Gasteiger charge is -2.38. The van der Waals surface area contributed by atoms with Crippen LogP contribution in [0.15, 0.2) is 36.5 Å². The molecule has 1 fully saturated rings. The Bertz CT molecular complexity index is 1080. The van der Waals surface area contributed by atoms with Gasteiger partial charge in [-0.25, -0.2) is 9.78 Å². The summed E-state index contributed by atoms with van der Waals surface area (Å²) >= 11 is 0. The van der Waals surface area contributed by atoms with Crippen LogP contribution < -0.4 is 4.90 Å². The molecule has 0 atom stereocenters. The van der Waals surface area contributed by atoms with Crippen molar-refractivity contribution in [3.8, 4) is 0 Å². The number of aromatic amines is 1. The van der Waals surface area contributed by atoms with E-state index in [1.165, 1.54) is 0 Å². The molecule has 5 rings (SSSR count). The first-order valence-corrected chi connectivity index (χ1v) is 8.86. The number of imidazole rings is 1. The monoisotopic (exact) mass is 388 g/mol. The van der Waals surface area contributed by atoms with E-state index in [1.54, 1.807) is 6.07 Å². The number of carbonyl (C=O) groups excluding carboxylic acids is 1. The third kappa shape index (κ3) is 2.53. The van der Waals surface area contributed by atoms with Crippen molar-refractivity contribution in [2.75, 3.05) is 18.0 Å². The average Bonchev–Trinajstić information content (AvgIpc) is 3.21. The number of hydrogen-bond acceptors (Lipinski definition) is 5. The summed E-state index contributed by atoms with van der Waals surface area (Å²) in [4.78, 5) is 25.2. The number of benzene rings is 1. The number of piperidine rings is 1. The maximum absolute atomic E-state index is 12.9. The number of H-pyrrole nitrogens is 1. The molecule has 4 heterocycles. The molecular formula is C19H15F3N4O2. The van der Waals surface area contributed by atoms with E-state index >= 15 is 0 Å². The van der Waals surface area contributed by atoms with Gasteiger partial charge in [0.05, 0.1) is 16.6 Å². The van der Waals surface area contributed by atoms with Crippen molar-refractivity contribution in [2.45, 2.75) is 24.6 Å². The van der Waals surface area contributed by atoms with Crippen molar-refractivity contribution in [1.82, 2.24) is 15.0 Å². The van der Waals surface area contributed by atoms with Crippen LogP contribution in [-0.2, 0) is 16.5 Å². The summed E-state index contributed by atoms with van der Waals surface area (Å²) in [5.74, 6) is 0.158. The smallest absolute Gasteiger partial charge is 0.417 e. The van der Waals surface area contributed by atoms with Crippen LogP contribution >= 0.6 is 0 Å². The summed E-state index contributed by atoms with van der Waals surface area (Å²) in [6, 6.07) is 8.39. The predicted octanol–water partition coefficient (Wildman–Crippen LogP) is 3.64. The Balaban J connectivity index is 1.40. The first-order chi connectivity index (χ1) is 13.4. The Labute approximate surface area is 157 Å². The van der Waals surface area contributed by atoms with E-state index in [2.05, 4.69) is 15.0 Å². The van der Waals surface area contributed by atoms with Gasteiger partial charge in [0.1, 0.15) is 5.60 Å². The number of halogens is 3. The number of carbonyl (C=O) groups is 1. The van der Waals surface area contributed by atoms with Crippen molar-refractivity contribution in [2.24, 2.45) is 0 Å². The van der Waals surface area contributed by atoms with Crippen molar-refractivity contribution in [3.05, 3.63) is 53.2 Å². The molecule has 2 aliphatic rings. The Morgan fingerprint density at radius 3 is 2.68 bits per heavy atom. The Kier molecular flexibility index (Phi) is 3.47. The third-order valence-electron chi connectivity index (χ3n) is 5.45. The molecule has 0 saturated carbocycles. The number of hydrogen-bond donors (Lipinski definition) is 1. The van der Waals surface area contributed by atoms with E-state index in [1.807, 2.05) is 23.1 Å². The number of alkyl halides is 3. The van der Waals surface area contributed by atoms with E-state index in [4.69, 9.17) is 4.74 Å². The van der Waals surface area contributed by atoms with Gasteiger partial charge < -0.3 is 14.6 Å².